The van der Waals surface area contributed by atoms with Gasteiger partial charge in [0.1, 0.15) is 10.7 Å². The Kier molecular flexibility index (Phi) is 4.27. The van der Waals surface area contributed by atoms with Crippen LogP contribution in [0, 0.1) is 0 Å². The summed E-state index contributed by atoms with van der Waals surface area (Å²) >= 11 is 1.76. The molecule has 1 aromatic carbocycles. The number of aromatic nitrogens is 2. The highest BCUT2D eigenvalue weighted by atomic mass is 32.1. The summed E-state index contributed by atoms with van der Waals surface area (Å²) in [6.45, 7) is 3.07. The van der Waals surface area contributed by atoms with Crippen LogP contribution in [0.25, 0.3) is 21.5 Å². The van der Waals surface area contributed by atoms with Gasteiger partial charge in [-0.2, -0.15) is 0 Å². The van der Waals surface area contributed by atoms with Crippen LogP contribution in [0.1, 0.15) is 23.9 Å². The molecule has 0 amide bonds. The summed E-state index contributed by atoms with van der Waals surface area (Å²) in [5.41, 5.74) is 2.21. The fraction of sp³-hybridized carbons (Fsp3) is 0.294. The van der Waals surface area contributed by atoms with Crippen molar-refractivity contribution in [2.24, 2.45) is 0 Å². The third-order valence-corrected chi connectivity index (χ3v) is 4.58. The number of aryl methyl sites for hydroxylation is 1. The molecule has 3 nitrogen and oxygen atoms in total. The lowest BCUT2D eigenvalue weighted by Crippen LogP contribution is -2.05. The summed E-state index contributed by atoms with van der Waals surface area (Å²) in [6.07, 6.45) is 4.01. The number of fused-ring (bicyclic) bond motifs is 1. The van der Waals surface area contributed by atoms with Gasteiger partial charge in [0.05, 0.1) is 5.69 Å². The Labute approximate surface area is 129 Å². The molecule has 1 N–H and O–H groups in total. The van der Waals surface area contributed by atoms with Gasteiger partial charge in [-0.15, -0.1) is 11.3 Å². The SMILES string of the molecule is CCCc1nc(-c2nccc3ccccc23)sc1CNC. The highest BCUT2D eigenvalue weighted by Crippen LogP contribution is 2.32. The van der Waals surface area contributed by atoms with Crippen LogP contribution in [-0.4, -0.2) is 17.0 Å². The van der Waals surface area contributed by atoms with E-state index in [1.54, 1.807) is 11.3 Å². The number of pyridine rings is 1. The van der Waals surface area contributed by atoms with Crippen molar-refractivity contribution >= 4 is 22.1 Å². The molecule has 0 aliphatic heterocycles. The molecule has 0 saturated carbocycles. The monoisotopic (exact) mass is 297 g/mol. The number of thiazole rings is 1. The first-order chi connectivity index (χ1) is 10.3. The molecular formula is C17H19N3S. The molecular weight excluding hydrogens is 278 g/mol. The first-order valence-electron chi connectivity index (χ1n) is 7.30. The normalized spacial score (nSPS) is 11.1. The first kappa shape index (κ1) is 14.2. The van der Waals surface area contributed by atoms with Gasteiger partial charge in [-0.3, -0.25) is 4.98 Å². The van der Waals surface area contributed by atoms with Crippen LogP contribution >= 0.6 is 11.3 Å². The molecule has 108 valence electrons. The molecule has 0 unspecified atom stereocenters. The Hall–Kier alpha value is -1.78. The lowest BCUT2D eigenvalue weighted by molar-refractivity contribution is 0.798. The van der Waals surface area contributed by atoms with Crippen LogP contribution in [0.3, 0.4) is 0 Å². The maximum atomic E-state index is 4.85. The zero-order valence-electron chi connectivity index (χ0n) is 12.4. The average Bonchev–Trinajstić information content (AvgIpc) is 2.90. The van der Waals surface area contributed by atoms with Gasteiger partial charge in [0, 0.05) is 23.0 Å². The highest BCUT2D eigenvalue weighted by Gasteiger charge is 2.14. The minimum Gasteiger partial charge on any atom is -0.315 e. The Morgan fingerprint density at radius 3 is 2.86 bits per heavy atom. The zero-order valence-corrected chi connectivity index (χ0v) is 13.2. The second-order valence-corrected chi connectivity index (χ2v) is 6.13. The Balaban J connectivity index is 2.12. The molecule has 2 aromatic heterocycles. The van der Waals surface area contributed by atoms with Crippen molar-refractivity contribution in [2.45, 2.75) is 26.3 Å². The smallest absolute Gasteiger partial charge is 0.143 e. The van der Waals surface area contributed by atoms with E-state index in [1.807, 2.05) is 19.3 Å². The topological polar surface area (TPSA) is 37.8 Å². The van der Waals surface area contributed by atoms with Crippen molar-refractivity contribution in [1.82, 2.24) is 15.3 Å². The summed E-state index contributed by atoms with van der Waals surface area (Å²) in [4.78, 5) is 10.8. The van der Waals surface area contributed by atoms with Gasteiger partial charge in [0.25, 0.3) is 0 Å². The quantitative estimate of drug-likeness (QED) is 0.772. The molecule has 0 bridgehead atoms. The van der Waals surface area contributed by atoms with Gasteiger partial charge >= 0.3 is 0 Å². The maximum absolute atomic E-state index is 4.85. The lowest BCUT2D eigenvalue weighted by Gasteiger charge is -2.01. The highest BCUT2D eigenvalue weighted by molar-refractivity contribution is 7.15. The summed E-state index contributed by atoms with van der Waals surface area (Å²) in [7, 11) is 1.98. The van der Waals surface area contributed by atoms with Gasteiger partial charge in [-0.25, -0.2) is 4.98 Å². The van der Waals surface area contributed by atoms with E-state index in [4.69, 9.17) is 4.98 Å². The molecule has 0 saturated heterocycles. The fourth-order valence-electron chi connectivity index (χ4n) is 2.51. The van der Waals surface area contributed by atoms with Crippen molar-refractivity contribution < 1.29 is 0 Å². The predicted molar refractivity (Wildman–Crippen MR) is 89.6 cm³/mol. The number of nitrogens with zero attached hydrogens (tertiary/aromatic N) is 2. The third-order valence-electron chi connectivity index (χ3n) is 3.48. The van der Waals surface area contributed by atoms with E-state index in [0.717, 1.165) is 30.1 Å². The number of hydrogen-bond acceptors (Lipinski definition) is 4. The van der Waals surface area contributed by atoms with E-state index in [2.05, 4.69) is 41.5 Å². The molecule has 0 spiro atoms. The molecule has 4 heteroatoms. The van der Waals surface area contributed by atoms with E-state index >= 15 is 0 Å². The minimum atomic E-state index is 0.873. The van der Waals surface area contributed by atoms with Crippen molar-refractivity contribution in [3.05, 3.63) is 47.1 Å². The lowest BCUT2D eigenvalue weighted by atomic mass is 10.1. The summed E-state index contributed by atoms with van der Waals surface area (Å²) in [5, 5.41) is 6.65. The van der Waals surface area contributed by atoms with Crippen LogP contribution in [-0.2, 0) is 13.0 Å². The largest absolute Gasteiger partial charge is 0.315 e. The van der Waals surface area contributed by atoms with E-state index < -0.39 is 0 Å². The molecule has 2 heterocycles. The maximum Gasteiger partial charge on any atom is 0.143 e. The molecule has 0 radical (unpaired) electrons. The first-order valence-corrected chi connectivity index (χ1v) is 8.12. The molecule has 0 fully saturated rings. The van der Waals surface area contributed by atoms with E-state index in [-0.39, 0.29) is 0 Å². The van der Waals surface area contributed by atoms with Crippen LogP contribution < -0.4 is 5.32 Å². The van der Waals surface area contributed by atoms with Gasteiger partial charge in [-0.1, -0.05) is 37.6 Å². The zero-order chi connectivity index (χ0) is 14.7. The summed E-state index contributed by atoms with van der Waals surface area (Å²) < 4.78 is 0. The van der Waals surface area contributed by atoms with Crippen LogP contribution in [0.2, 0.25) is 0 Å². The van der Waals surface area contributed by atoms with Gasteiger partial charge in [-0.05, 0) is 24.9 Å². The molecule has 21 heavy (non-hydrogen) atoms. The predicted octanol–water partition coefficient (Wildman–Crippen LogP) is 4.03. The third kappa shape index (κ3) is 2.82. The van der Waals surface area contributed by atoms with Gasteiger partial charge < -0.3 is 5.32 Å². The molecule has 0 atom stereocenters. The van der Waals surface area contributed by atoms with E-state index in [0.29, 0.717) is 0 Å². The number of rotatable bonds is 5. The van der Waals surface area contributed by atoms with Crippen LogP contribution in [0.15, 0.2) is 36.5 Å². The Morgan fingerprint density at radius 1 is 1.19 bits per heavy atom. The van der Waals surface area contributed by atoms with Crippen molar-refractivity contribution in [1.29, 1.82) is 0 Å². The van der Waals surface area contributed by atoms with E-state index in [1.165, 1.54) is 21.3 Å². The number of benzene rings is 1. The van der Waals surface area contributed by atoms with Crippen molar-refractivity contribution in [3.63, 3.8) is 0 Å². The summed E-state index contributed by atoms with van der Waals surface area (Å²) in [5.74, 6) is 0. The van der Waals surface area contributed by atoms with Crippen LogP contribution in [0.5, 0.6) is 0 Å². The number of nitrogens with one attached hydrogen (secondary N) is 1. The minimum absolute atomic E-state index is 0.873. The van der Waals surface area contributed by atoms with Gasteiger partial charge in [0.15, 0.2) is 0 Å². The molecule has 0 aliphatic carbocycles. The van der Waals surface area contributed by atoms with Crippen molar-refractivity contribution in [2.75, 3.05) is 7.05 Å². The van der Waals surface area contributed by atoms with E-state index in [9.17, 15) is 0 Å². The second kappa shape index (κ2) is 6.33. The molecule has 3 aromatic rings. The Morgan fingerprint density at radius 2 is 2.05 bits per heavy atom. The van der Waals surface area contributed by atoms with Crippen LogP contribution in [0.4, 0.5) is 0 Å². The fourth-order valence-corrected chi connectivity index (χ4v) is 3.64. The standard InChI is InChI=1S/C17H19N3S/c1-3-6-14-15(11-18-2)21-17(20-14)16-13-8-5-4-7-12(13)9-10-19-16/h4-5,7-10,18H,3,6,11H2,1-2H3. The average molecular weight is 297 g/mol. The molecule has 3 rings (SSSR count). The van der Waals surface area contributed by atoms with Gasteiger partial charge in [0.2, 0.25) is 0 Å². The number of hydrogen-bond donors (Lipinski definition) is 1. The molecule has 0 aliphatic rings. The Bertz CT molecular complexity index is 720. The second-order valence-electron chi connectivity index (χ2n) is 5.05. The van der Waals surface area contributed by atoms with Crippen molar-refractivity contribution in [3.8, 4) is 10.7 Å². The summed E-state index contributed by atoms with van der Waals surface area (Å²) in [6, 6.07) is 10.4.